The summed E-state index contributed by atoms with van der Waals surface area (Å²) in [6.45, 7) is 1.82. The fourth-order valence-corrected chi connectivity index (χ4v) is 1.98. The highest BCUT2D eigenvalue weighted by Crippen LogP contribution is 2.24. The van der Waals surface area contributed by atoms with Crippen LogP contribution in [-0.4, -0.2) is 11.0 Å². The smallest absolute Gasteiger partial charge is 0.248 e. The van der Waals surface area contributed by atoms with Crippen LogP contribution in [0.2, 0.25) is 5.02 Å². The lowest BCUT2D eigenvalue weighted by Gasteiger charge is -2.06. The molecule has 0 radical (unpaired) electrons. The number of phenolic OH excluding ortho intramolecular Hbond substituents is 1. The van der Waals surface area contributed by atoms with Crippen LogP contribution >= 0.6 is 11.6 Å². The van der Waals surface area contributed by atoms with Crippen molar-refractivity contribution in [1.29, 1.82) is 0 Å². The second kappa shape index (κ2) is 6.41. The average Bonchev–Trinajstić information content (AvgIpc) is 2.41. The lowest BCUT2D eigenvalue weighted by atomic mass is 10.2. The third-order valence-electron chi connectivity index (χ3n) is 2.81. The highest BCUT2D eigenvalue weighted by atomic mass is 35.5. The van der Waals surface area contributed by atoms with Gasteiger partial charge in [-0.1, -0.05) is 23.7 Å². The van der Waals surface area contributed by atoms with Crippen LogP contribution in [0.4, 0.5) is 10.1 Å². The number of halogens is 2. The molecule has 0 unspecified atom stereocenters. The van der Waals surface area contributed by atoms with Gasteiger partial charge in [0.05, 0.1) is 10.7 Å². The number of carbonyl (C=O) groups excluding carboxylic acids is 1. The Morgan fingerprint density at radius 3 is 2.76 bits per heavy atom. The van der Waals surface area contributed by atoms with Gasteiger partial charge in [-0.3, -0.25) is 4.79 Å². The zero-order valence-electron chi connectivity index (χ0n) is 11.2. The number of nitrogens with one attached hydrogen (secondary N) is 1. The average molecular weight is 306 g/mol. The number of hydrogen-bond acceptors (Lipinski definition) is 2. The Bertz CT molecular complexity index is 693. The van der Waals surface area contributed by atoms with E-state index < -0.39 is 11.7 Å². The van der Waals surface area contributed by atoms with Gasteiger partial charge in [0.15, 0.2) is 0 Å². The van der Waals surface area contributed by atoms with E-state index >= 15 is 0 Å². The third-order valence-corrected chi connectivity index (χ3v) is 3.14. The predicted octanol–water partition coefficient (Wildman–Crippen LogP) is 4.15. The first-order valence-electron chi connectivity index (χ1n) is 6.20. The molecule has 0 heterocycles. The molecule has 5 heteroatoms. The molecule has 0 aliphatic rings. The fraction of sp³-hybridized carbons (Fsp3) is 0.0625. The highest BCUT2D eigenvalue weighted by molar-refractivity contribution is 6.32. The molecule has 0 bridgehead atoms. The molecule has 2 N–H and O–H groups in total. The number of anilines is 1. The number of aryl methyl sites for hydroxylation is 1. The Kier molecular flexibility index (Phi) is 4.60. The summed E-state index contributed by atoms with van der Waals surface area (Å²) in [6.07, 6.45) is 2.45. The summed E-state index contributed by atoms with van der Waals surface area (Å²) in [4.78, 5) is 11.8. The molecule has 2 aromatic carbocycles. The molecule has 0 saturated heterocycles. The second-order valence-corrected chi connectivity index (χ2v) is 4.89. The van der Waals surface area contributed by atoms with Crippen LogP contribution < -0.4 is 5.32 Å². The van der Waals surface area contributed by atoms with E-state index in [1.165, 1.54) is 30.3 Å². The Labute approximate surface area is 126 Å². The molecule has 2 aromatic rings. The molecule has 3 nitrogen and oxygen atoms in total. The largest absolute Gasteiger partial charge is 0.506 e. The van der Waals surface area contributed by atoms with Gasteiger partial charge in [0.1, 0.15) is 11.6 Å². The van der Waals surface area contributed by atoms with Gasteiger partial charge < -0.3 is 10.4 Å². The van der Waals surface area contributed by atoms with E-state index in [4.69, 9.17) is 11.6 Å². The van der Waals surface area contributed by atoms with Gasteiger partial charge in [-0.25, -0.2) is 4.39 Å². The molecular formula is C16H13ClFNO2. The van der Waals surface area contributed by atoms with Crippen LogP contribution in [0, 0.1) is 12.7 Å². The fourth-order valence-electron chi connectivity index (χ4n) is 1.75. The number of hydrogen-bond donors (Lipinski definition) is 2. The normalized spacial score (nSPS) is 10.8. The number of phenols is 1. The van der Waals surface area contributed by atoms with Crippen LogP contribution in [0.15, 0.2) is 42.5 Å². The Balaban J connectivity index is 2.13. The van der Waals surface area contributed by atoms with E-state index in [1.807, 2.05) is 6.92 Å². The van der Waals surface area contributed by atoms with Gasteiger partial charge in [-0.05, 0) is 42.8 Å². The minimum atomic E-state index is -0.510. The van der Waals surface area contributed by atoms with Crippen molar-refractivity contribution in [2.24, 2.45) is 0 Å². The van der Waals surface area contributed by atoms with Crippen LogP contribution in [0.3, 0.4) is 0 Å². The number of aromatic hydroxyl groups is 1. The standard InChI is InChI=1S/C16H13ClFNO2/c1-10-5-7-14(15(20)9-10)19-16(21)8-6-11-12(17)3-2-4-13(11)18/h2-9,20H,1H3,(H,19,21)/b8-6+. The Morgan fingerprint density at radius 2 is 2.10 bits per heavy atom. The third kappa shape index (κ3) is 3.83. The van der Waals surface area contributed by atoms with Gasteiger partial charge in [0.2, 0.25) is 5.91 Å². The van der Waals surface area contributed by atoms with E-state index in [0.29, 0.717) is 0 Å². The monoisotopic (exact) mass is 305 g/mol. The lowest BCUT2D eigenvalue weighted by molar-refractivity contribution is -0.111. The van der Waals surface area contributed by atoms with Crippen molar-refractivity contribution >= 4 is 29.3 Å². The molecule has 108 valence electrons. The maximum absolute atomic E-state index is 13.5. The molecule has 0 fully saturated rings. The number of rotatable bonds is 3. The Hall–Kier alpha value is -2.33. The topological polar surface area (TPSA) is 49.3 Å². The molecule has 21 heavy (non-hydrogen) atoms. The Morgan fingerprint density at radius 1 is 1.33 bits per heavy atom. The van der Waals surface area contributed by atoms with Gasteiger partial charge in [0.25, 0.3) is 0 Å². The summed E-state index contributed by atoms with van der Waals surface area (Å²) < 4.78 is 13.5. The van der Waals surface area contributed by atoms with Crippen LogP contribution in [0.1, 0.15) is 11.1 Å². The van der Waals surface area contributed by atoms with E-state index in [0.717, 1.165) is 11.6 Å². The molecule has 0 spiro atoms. The molecular weight excluding hydrogens is 293 g/mol. The molecule has 0 atom stereocenters. The van der Waals surface area contributed by atoms with Crippen molar-refractivity contribution in [1.82, 2.24) is 0 Å². The van der Waals surface area contributed by atoms with E-state index in [1.54, 1.807) is 12.1 Å². The number of benzene rings is 2. The van der Waals surface area contributed by atoms with Gasteiger partial charge >= 0.3 is 0 Å². The van der Waals surface area contributed by atoms with Crippen molar-refractivity contribution in [2.45, 2.75) is 6.92 Å². The summed E-state index contributed by atoms with van der Waals surface area (Å²) in [5, 5.41) is 12.4. The van der Waals surface area contributed by atoms with Crippen LogP contribution in [0.25, 0.3) is 6.08 Å². The molecule has 0 saturated carbocycles. The maximum Gasteiger partial charge on any atom is 0.248 e. The predicted molar refractivity (Wildman–Crippen MR) is 81.9 cm³/mol. The first kappa shape index (κ1) is 15.1. The van der Waals surface area contributed by atoms with Crippen molar-refractivity contribution in [2.75, 3.05) is 5.32 Å². The summed E-state index contributed by atoms with van der Waals surface area (Å²) in [5.74, 6) is -1.03. The minimum absolute atomic E-state index is 0.0272. The van der Waals surface area contributed by atoms with Crippen molar-refractivity contribution < 1.29 is 14.3 Å². The number of carbonyl (C=O) groups is 1. The lowest BCUT2D eigenvalue weighted by Crippen LogP contribution is -2.08. The zero-order chi connectivity index (χ0) is 15.4. The van der Waals surface area contributed by atoms with Gasteiger partial charge in [0, 0.05) is 11.6 Å². The van der Waals surface area contributed by atoms with Crippen molar-refractivity contribution in [3.05, 3.63) is 64.4 Å². The van der Waals surface area contributed by atoms with Crippen molar-refractivity contribution in [3.63, 3.8) is 0 Å². The number of amides is 1. The summed E-state index contributed by atoms with van der Waals surface area (Å²) >= 11 is 5.85. The molecule has 0 aliphatic heterocycles. The van der Waals surface area contributed by atoms with Gasteiger partial charge in [-0.2, -0.15) is 0 Å². The molecule has 0 aromatic heterocycles. The molecule has 0 aliphatic carbocycles. The van der Waals surface area contributed by atoms with Crippen molar-refractivity contribution in [3.8, 4) is 5.75 Å². The first-order chi connectivity index (χ1) is 9.97. The van der Waals surface area contributed by atoms with Crippen LogP contribution in [0.5, 0.6) is 5.75 Å². The zero-order valence-corrected chi connectivity index (χ0v) is 12.0. The van der Waals surface area contributed by atoms with E-state index in [9.17, 15) is 14.3 Å². The minimum Gasteiger partial charge on any atom is -0.506 e. The quantitative estimate of drug-likeness (QED) is 0.661. The highest BCUT2D eigenvalue weighted by Gasteiger charge is 2.06. The summed E-state index contributed by atoms with van der Waals surface area (Å²) in [6, 6.07) is 9.16. The van der Waals surface area contributed by atoms with Gasteiger partial charge in [-0.15, -0.1) is 0 Å². The summed E-state index contributed by atoms with van der Waals surface area (Å²) in [7, 11) is 0. The second-order valence-electron chi connectivity index (χ2n) is 4.48. The maximum atomic E-state index is 13.5. The molecule has 2 rings (SSSR count). The van der Waals surface area contributed by atoms with E-state index in [-0.39, 0.29) is 22.0 Å². The first-order valence-corrected chi connectivity index (χ1v) is 6.58. The SMILES string of the molecule is Cc1ccc(NC(=O)/C=C/c2c(F)cccc2Cl)c(O)c1. The van der Waals surface area contributed by atoms with E-state index in [2.05, 4.69) is 5.32 Å². The summed E-state index contributed by atoms with van der Waals surface area (Å²) in [5.41, 5.74) is 1.30. The molecule has 1 amide bonds. The van der Waals surface area contributed by atoms with Crippen LogP contribution in [-0.2, 0) is 4.79 Å².